The van der Waals surface area contributed by atoms with Crippen molar-refractivity contribution in [3.05, 3.63) is 0 Å². The fraction of sp³-hybridized carbons (Fsp3) is 0.833. The first-order chi connectivity index (χ1) is 7.38. The molecule has 1 aliphatic carbocycles. The summed E-state index contributed by atoms with van der Waals surface area (Å²) in [6.45, 7) is 5.45. The Bertz CT molecular complexity index is 319. The minimum atomic E-state index is -0.534. The maximum absolute atomic E-state index is 11.9. The molecule has 0 spiro atoms. The number of hydrogen-bond donors (Lipinski definition) is 0. The van der Waals surface area contributed by atoms with Crippen LogP contribution in [0.2, 0.25) is 0 Å². The monoisotopic (exact) mass is 225 g/mol. The first kappa shape index (κ1) is 11.4. The van der Waals surface area contributed by atoms with E-state index < -0.39 is 11.7 Å². The second-order valence-electron chi connectivity index (χ2n) is 5.71. The Kier molecular flexibility index (Phi) is 2.68. The normalized spacial score (nSPS) is 29.4. The Hall–Kier alpha value is -1.06. The smallest absolute Gasteiger partial charge is 0.417 e. The zero-order valence-corrected chi connectivity index (χ0v) is 10.2. The third-order valence-corrected chi connectivity index (χ3v) is 3.25. The first-order valence-electron chi connectivity index (χ1n) is 5.93. The molecule has 2 fully saturated rings. The van der Waals surface area contributed by atoms with Gasteiger partial charge in [0.1, 0.15) is 5.60 Å². The molecule has 0 radical (unpaired) electrons. The average Bonchev–Trinajstić information content (AvgIpc) is 2.58. The lowest BCUT2D eigenvalue weighted by molar-refractivity contribution is -0.128. The quantitative estimate of drug-likeness (QED) is 0.635. The lowest BCUT2D eigenvalue weighted by atomic mass is 10.0. The number of ether oxygens (including phenoxy) is 1. The molecule has 4 nitrogen and oxygen atoms in total. The second kappa shape index (κ2) is 3.75. The fourth-order valence-corrected chi connectivity index (χ4v) is 2.65. The van der Waals surface area contributed by atoms with Crippen molar-refractivity contribution in [2.24, 2.45) is 5.92 Å². The lowest BCUT2D eigenvalue weighted by Gasteiger charge is -2.26. The number of likely N-dealkylation sites (tertiary alicyclic amines) is 1. The minimum absolute atomic E-state index is 0.0658. The topological polar surface area (TPSA) is 46.6 Å². The fourth-order valence-electron chi connectivity index (χ4n) is 2.65. The molecule has 2 aliphatic rings. The molecule has 0 aromatic carbocycles. The number of fused-ring (bicyclic) bond motifs is 1. The van der Waals surface area contributed by atoms with Gasteiger partial charge >= 0.3 is 6.09 Å². The summed E-state index contributed by atoms with van der Waals surface area (Å²) in [6.07, 6.45) is 3.17. The van der Waals surface area contributed by atoms with E-state index in [4.69, 9.17) is 4.74 Å². The lowest BCUT2D eigenvalue weighted by Crippen LogP contribution is -2.42. The number of carbonyl (C=O) groups excluding carboxylic acids is 2. The van der Waals surface area contributed by atoms with Crippen LogP contribution in [-0.2, 0) is 9.53 Å². The largest absolute Gasteiger partial charge is 0.443 e. The van der Waals surface area contributed by atoms with E-state index in [9.17, 15) is 9.59 Å². The number of nitrogens with zero attached hydrogens (tertiary/aromatic N) is 1. The van der Waals surface area contributed by atoms with Crippen molar-refractivity contribution in [1.29, 1.82) is 0 Å². The van der Waals surface area contributed by atoms with Crippen LogP contribution in [0.25, 0.3) is 0 Å². The van der Waals surface area contributed by atoms with Crippen molar-refractivity contribution in [2.75, 3.05) is 0 Å². The molecule has 16 heavy (non-hydrogen) atoms. The van der Waals surface area contributed by atoms with Gasteiger partial charge in [0.05, 0.1) is 0 Å². The van der Waals surface area contributed by atoms with Crippen LogP contribution in [0, 0.1) is 5.92 Å². The molecule has 1 aliphatic heterocycles. The van der Waals surface area contributed by atoms with Gasteiger partial charge in [-0.1, -0.05) is 6.42 Å². The number of carbonyl (C=O) groups is 2. The SMILES string of the molecule is CC(C)(C)OC(=O)N1C(=O)CC2CCCC21. The Labute approximate surface area is 95.9 Å². The van der Waals surface area contributed by atoms with Gasteiger partial charge in [-0.15, -0.1) is 0 Å². The molecule has 0 N–H and O–H groups in total. The Morgan fingerprint density at radius 2 is 2.06 bits per heavy atom. The van der Waals surface area contributed by atoms with Gasteiger partial charge < -0.3 is 4.74 Å². The summed E-state index contributed by atoms with van der Waals surface area (Å²) in [5, 5.41) is 0. The molecule has 1 saturated heterocycles. The molecule has 4 heteroatoms. The van der Waals surface area contributed by atoms with E-state index in [1.165, 1.54) is 4.90 Å². The van der Waals surface area contributed by atoms with E-state index in [-0.39, 0.29) is 11.9 Å². The zero-order valence-electron chi connectivity index (χ0n) is 10.2. The molecule has 90 valence electrons. The highest BCUT2D eigenvalue weighted by molar-refractivity contribution is 5.94. The summed E-state index contributed by atoms with van der Waals surface area (Å²) in [5.74, 6) is 0.309. The number of amides is 2. The van der Waals surface area contributed by atoms with Gasteiger partial charge in [0.25, 0.3) is 0 Å². The predicted octanol–water partition coefficient (Wildman–Crippen LogP) is 2.32. The van der Waals surface area contributed by atoms with Crippen LogP contribution in [0.1, 0.15) is 46.5 Å². The Balaban J connectivity index is 2.08. The number of imide groups is 1. The molecule has 0 aromatic heterocycles. The summed E-state index contributed by atoms with van der Waals surface area (Å²) in [4.78, 5) is 25.0. The third kappa shape index (κ3) is 2.06. The zero-order chi connectivity index (χ0) is 11.9. The summed E-state index contributed by atoms with van der Waals surface area (Å²) in [7, 11) is 0. The van der Waals surface area contributed by atoms with Crippen molar-refractivity contribution in [3.63, 3.8) is 0 Å². The molecular formula is C12H19NO3. The van der Waals surface area contributed by atoms with Gasteiger partial charge in [-0.3, -0.25) is 4.79 Å². The van der Waals surface area contributed by atoms with E-state index in [1.54, 1.807) is 0 Å². The number of rotatable bonds is 0. The maximum atomic E-state index is 11.9. The molecule has 1 heterocycles. The third-order valence-electron chi connectivity index (χ3n) is 3.25. The predicted molar refractivity (Wildman–Crippen MR) is 58.8 cm³/mol. The van der Waals surface area contributed by atoms with E-state index in [0.717, 1.165) is 19.3 Å². The van der Waals surface area contributed by atoms with Crippen LogP contribution in [0.5, 0.6) is 0 Å². The Morgan fingerprint density at radius 1 is 1.38 bits per heavy atom. The summed E-state index contributed by atoms with van der Waals surface area (Å²) in [6, 6.07) is 0.0994. The van der Waals surface area contributed by atoms with Crippen molar-refractivity contribution < 1.29 is 14.3 Å². The molecule has 0 aromatic rings. The van der Waals surface area contributed by atoms with Crippen LogP contribution in [0.4, 0.5) is 4.79 Å². The molecule has 1 saturated carbocycles. The van der Waals surface area contributed by atoms with E-state index in [2.05, 4.69) is 0 Å². The van der Waals surface area contributed by atoms with Gasteiger partial charge in [-0.25, -0.2) is 9.69 Å². The van der Waals surface area contributed by atoms with Gasteiger partial charge in [0.15, 0.2) is 0 Å². The van der Waals surface area contributed by atoms with Gasteiger partial charge in [-0.05, 0) is 39.5 Å². The van der Waals surface area contributed by atoms with Crippen LogP contribution in [-0.4, -0.2) is 28.5 Å². The van der Waals surface area contributed by atoms with E-state index in [0.29, 0.717) is 12.3 Å². The van der Waals surface area contributed by atoms with Crippen molar-refractivity contribution in [3.8, 4) is 0 Å². The molecule has 2 unspecified atom stereocenters. The molecule has 0 bridgehead atoms. The molecule has 2 rings (SSSR count). The summed E-state index contributed by atoms with van der Waals surface area (Å²) < 4.78 is 5.27. The first-order valence-corrected chi connectivity index (χ1v) is 5.93. The van der Waals surface area contributed by atoms with E-state index >= 15 is 0 Å². The van der Waals surface area contributed by atoms with Crippen LogP contribution in [0.3, 0.4) is 0 Å². The Morgan fingerprint density at radius 3 is 2.69 bits per heavy atom. The highest BCUT2D eigenvalue weighted by Gasteiger charge is 2.46. The molecule has 2 atom stereocenters. The second-order valence-corrected chi connectivity index (χ2v) is 5.71. The van der Waals surface area contributed by atoms with E-state index in [1.807, 2.05) is 20.8 Å². The molecule has 2 amide bonds. The van der Waals surface area contributed by atoms with Gasteiger partial charge in [0, 0.05) is 12.5 Å². The van der Waals surface area contributed by atoms with Crippen molar-refractivity contribution >= 4 is 12.0 Å². The van der Waals surface area contributed by atoms with Crippen LogP contribution >= 0.6 is 0 Å². The summed E-state index contributed by atoms with van der Waals surface area (Å²) in [5.41, 5.74) is -0.534. The standard InChI is InChI=1S/C12H19NO3/c1-12(2,3)16-11(15)13-9-6-4-5-8(9)7-10(13)14/h8-9H,4-7H2,1-3H3. The average molecular weight is 225 g/mol. The van der Waals surface area contributed by atoms with Gasteiger partial charge in [-0.2, -0.15) is 0 Å². The number of hydrogen-bond acceptors (Lipinski definition) is 3. The highest BCUT2D eigenvalue weighted by Crippen LogP contribution is 2.39. The molecular weight excluding hydrogens is 206 g/mol. The van der Waals surface area contributed by atoms with Gasteiger partial charge in [0.2, 0.25) is 5.91 Å². The van der Waals surface area contributed by atoms with Crippen molar-refractivity contribution in [2.45, 2.75) is 58.1 Å². The minimum Gasteiger partial charge on any atom is -0.443 e. The van der Waals surface area contributed by atoms with Crippen molar-refractivity contribution in [1.82, 2.24) is 4.90 Å². The highest BCUT2D eigenvalue weighted by atomic mass is 16.6. The summed E-state index contributed by atoms with van der Waals surface area (Å²) >= 11 is 0. The van der Waals surface area contributed by atoms with Crippen LogP contribution in [0.15, 0.2) is 0 Å². The maximum Gasteiger partial charge on any atom is 0.417 e. The van der Waals surface area contributed by atoms with Crippen LogP contribution < -0.4 is 0 Å².